The molecule has 0 aliphatic rings. The number of aromatic nitrogens is 4. The summed E-state index contributed by atoms with van der Waals surface area (Å²) in [6, 6.07) is 16.9. The van der Waals surface area contributed by atoms with E-state index in [4.69, 9.17) is 5.26 Å². The van der Waals surface area contributed by atoms with Gasteiger partial charge >= 0.3 is 0 Å². The highest BCUT2D eigenvalue weighted by Gasteiger charge is 2.25. The SMILES string of the molecule is Cc1ccc(-c2nnn(C(C)C(=O)N(CCC#N)c3ccc(C)cc3)n2)cc1. The van der Waals surface area contributed by atoms with Gasteiger partial charge in [0.1, 0.15) is 6.04 Å². The van der Waals surface area contributed by atoms with Crippen LogP contribution in [-0.2, 0) is 4.79 Å². The second-order valence-electron chi connectivity index (χ2n) is 6.71. The Balaban J connectivity index is 1.83. The van der Waals surface area contributed by atoms with E-state index in [1.807, 2.05) is 62.4 Å². The largest absolute Gasteiger partial charge is 0.309 e. The molecular weight excluding hydrogens is 352 g/mol. The number of hydrogen-bond donors (Lipinski definition) is 0. The molecule has 142 valence electrons. The third-order valence-corrected chi connectivity index (χ3v) is 4.50. The average Bonchev–Trinajstić information content (AvgIpc) is 3.19. The van der Waals surface area contributed by atoms with Gasteiger partial charge in [0, 0.05) is 17.8 Å². The first-order valence-corrected chi connectivity index (χ1v) is 9.11. The van der Waals surface area contributed by atoms with Crippen LogP contribution in [0.3, 0.4) is 0 Å². The molecule has 0 bridgehead atoms. The predicted molar refractivity (Wildman–Crippen MR) is 106 cm³/mol. The standard InChI is InChI=1S/C21H22N6O/c1-15-5-9-18(10-6-15)20-23-25-27(24-20)17(3)21(28)26(14-4-13-22)19-11-7-16(2)8-12-19/h5-12,17H,4,14H2,1-3H3. The maximum absolute atomic E-state index is 13.1. The lowest BCUT2D eigenvalue weighted by molar-refractivity contribution is -0.121. The molecule has 28 heavy (non-hydrogen) atoms. The summed E-state index contributed by atoms with van der Waals surface area (Å²) >= 11 is 0. The van der Waals surface area contributed by atoms with Gasteiger partial charge in [-0.2, -0.15) is 10.1 Å². The topological polar surface area (TPSA) is 87.7 Å². The van der Waals surface area contributed by atoms with Crippen molar-refractivity contribution >= 4 is 11.6 Å². The number of tetrazole rings is 1. The molecule has 3 aromatic rings. The molecular formula is C21H22N6O. The first-order valence-electron chi connectivity index (χ1n) is 9.11. The number of hydrogen-bond acceptors (Lipinski definition) is 5. The molecule has 0 aliphatic carbocycles. The molecule has 1 aromatic heterocycles. The number of amides is 1. The maximum Gasteiger partial charge on any atom is 0.253 e. The molecule has 1 unspecified atom stereocenters. The van der Waals surface area contributed by atoms with Crippen molar-refractivity contribution in [1.29, 1.82) is 5.26 Å². The number of carbonyl (C=O) groups excluding carboxylic acids is 1. The Morgan fingerprint density at radius 2 is 1.71 bits per heavy atom. The van der Waals surface area contributed by atoms with Gasteiger partial charge in [-0.25, -0.2) is 0 Å². The van der Waals surface area contributed by atoms with E-state index in [2.05, 4.69) is 21.5 Å². The van der Waals surface area contributed by atoms with E-state index >= 15 is 0 Å². The summed E-state index contributed by atoms with van der Waals surface area (Å²) in [5.41, 5.74) is 3.84. The van der Waals surface area contributed by atoms with Crippen LogP contribution in [0.2, 0.25) is 0 Å². The van der Waals surface area contributed by atoms with Gasteiger partial charge in [0.05, 0.1) is 12.5 Å². The van der Waals surface area contributed by atoms with Crippen LogP contribution in [0.4, 0.5) is 5.69 Å². The minimum Gasteiger partial charge on any atom is -0.309 e. The Hall–Kier alpha value is -3.53. The number of rotatable bonds is 6. The van der Waals surface area contributed by atoms with E-state index < -0.39 is 6.04 Å². The van der Waals surface area contributed by atoms with Gasteiger partial charge in [0.2, 0.25) is 5.82 Å². The van der Waals surface area contributed by atoms with Crippen LogP contribution in [0.1, 0.15) is 30.5 Å². The molecule has 0 saturated carbocycles. The second kappa shape index (κ2) is 8.44. The molecule has 1 heterocycles. The number of benzene rings is 2. The summed E-state index contributed by atoms with van der Waals surface area (Å²) in [7, 11) is 0. The summed E-state index contributed by atoms with van der Waals surface area (Å²) in [5.74, 6) is 0.283. The Kier molecular flexibility index (Phi) is 5.80. The van der Waals surface area contributed by atoms with Gasteiger partial charge in [-0.05, 0) is 38.1 Å². The first-order chi connectivity index (χ1) is 13.5. The fraction of sp³-hybridized carbons (Fsp3) is 0.286. The van der Waals surface area contributed by atoms with E-state index in [-0.39, 0.29) is 12.3 Å². The predicted octanol–water partition coefficient (Wildman–Crippen LogP) is 3.46. The first kappa shape index (κ1) is 19.2. The van der Waals surface area contributed by atoms with Crippen molar-refractivity contribution in [2.75, 3.05) is 11.4 Å². The Labute approximate surface area is 164 Å². The van der Waals surface area contributed by atoms with E-state index in [1.165, 1.54) is 4.80 Å². The molecule has 0 spiro atoms. The van der Waals surface area contributed by atoms with Crippen molar-refractivity contribution in [3.63, 3.8) is 0 Å². The highest BCUT2D eigenvalue weighted by Crippen LogP contribution is 2.21. The third kappa shape index (κ3) is 4.23. The number of aryl methyl sites for hydroxylation is 2. The van der Waals surface area contributed by atoms with Gasteiger partial charge in [0.25, 0.3) is 5.91 Å². The van der Waals surface area contributed by atoms with Crippen molar-refractivity contribution in [3.05, 3.63) is 59.7 Å². The van der Waals surface area contributed by atoms with Gasteiger partial charge in [-0.1, -0.05) is 47.5 Å². The summed E-state index contributed by atoms with van der Waals surface area (Å²) in [4.78, 5) is 16.0. The number of nitriles is 1. The van der Waals surface area contributed by atoms with Gasteiger partial charge in [-0.3, -0.25) is 4.79 Å². The van der Waals surface area contributed by atoms with Crippen LogP contribution in [0, 0.1) is 25.2 Å². The maximum atomic E-state index is 13.1. The van der Waals surface area contributed by atoms with Crippen LogP contribution >= 0.6 is 0 Å². The zero-order valence-electron chi connectivity index (χ0n) is 16.2. The van der Waals surface area contributed by atoms with Crippen LogP contribution < -0.4 is 4.90 Å². The zero-order chi connectivity index (χ0) is 20.1. The normalized spacial score (nSPS) is 11.6. The van der Waals surface area contributed by atoms with E-state index in [0.29, 0.717) is 12.4 Å². The molecule has 0 saturated heterocycles. The summed E-state index contributed by atoms with van der Waals surface area (Å²) in [5, 5.41) is 21.5. The van der Waals surface area contributed by atoms with E-state index in [9.17, 15) is 4.79 Å². The van der Waals surface area contributed by atoms with Crippen molar-refractivity contribution < 1.29 is 4.79 Å². The molecule has 0 aliphatic heterocycles. The van der Waals surface area contributed by atoms with Crippen LogP contribution in [-0.4, -0.2) is 32.7 Å². The quantitative estimate of drug-likeness (QED) is 0.659. The summed E-state index contributed by atoms with van der Waals surface area (Å²) < 4.78 is 0. The number of carbonyl (C=O) groups is 1. The minimum absolute atomic E-state index is 0.188. The average molecular weight is 374 g/mol. The zero-order valence-corrected chi connectivity index (χ0v) is 16.2. The molecule has 0 fully saturated rings. The molecule has 7 heteroatoms. The second-order valence-corrected chi connectivity index (χ2v) is 6.71. The highest BCUT2D eigenvalue weighted by atomic mass is 16.2. The van der Waals surface area contributed by atoms with Crippen LogP contribution in [0.25, 0.3) is 11.4 Å². The highest BCUT2D eigenvalue weighted by molar-refractivity contribution is 5.95. The molecule has 0 radical (unpaired) electrons. The van der Waals surface area contributed by atoms with E-state index in [1.54, 1.807) is 11.8 Å². The lowest BCUT2D eigenvalue weighted by atomic mass is 10.1. The smallest absolute Gasteiger partial charge is 0.253 e. The van der Waals surface area contributed by atoms with Crippen LogP contribution in [0.5, 0.6) is 0 Å². The fourth-order valence-corrected chi connectivity index (χ4v) is 2.78. The van der Waals surface area contributed by atoms with Gasteiger partial charge < -0.3 is 4.90 Å². The van der Waals surface area contributed by atoms with E-state index in [0.717, 1.165) is 22.4 Å². The molecule has 2 aromatic carbocycles. The van der Waals surface area contributed by atoms with Crippen molar-refractivity contribution in [2.45, 2.75) is 33.2 Å². The number of anilines is 1. The van der Waals surface area contributed by atoms with Crippen molar-refractivity contribution in [1.82, 2.24) is 20.2 Å². The Morgan fingerprint density at radius 3 is 2.32 bits per heavy atom. The Morgan fingerprint density at radius 1 is 1.11 bits per heavy atom. The molecule has 1 atom stereocenters. The minimum atomic E-state index is -0.647. The third-order valence-electron chi connectivity index (χ3n) is 4.50. The van der Waals surface area contributed by atoms with Gasteiger partial charge in [0.15, 0.2) is 0 Å². The molecule has 7 nitrogen and oxygen atoms in total. The monoisotopic (exact) mass is 374 g/mol. The Bertz CT molecular complexity index is 985. The molecule has 3 rings (SSSR count). The summed E-state index contributed by atoms with van der Waals surface area (Å²) in [6.07, 6.45) is 0.242. The van der Waals surface area contributed by atoms with Crippen molar-refractivity contribution in [2.24, 2.45) is 0 Å². The lowest BCUT2D eigenvalue weighted by Gasteiger charge is -2.24. The molecule has 0 N–H and O–H groups in total. The summed E-state index contributed by atoms with van der Waals surface area (Å²) in [6.45, 7) is 6.04. The van der Waals surface area contributed by atoms with Gasteiger partial charge in [-0.15, -0.1) is 10.2 Å². The van der Waals surface area contributed by atoms with Crippen LogP contribution in [0.15, 0.2) is 48.5 Å². The fourth-order valence-electron chi connectivity index (χ4n) is 2.78. The lowest BCUT2D eigenvalue weighted by Crippen LogP contribution is -2.37. The number of nitrogens with zero attached hydrogens (tertiary/aromatic N) is 6. The van der Waals surface area contributed by atoms with Crippen molar-refractivity contribution in [3.8, 4) is 17.5 Å². The molecule has 1 amide bonds.